The van der Waals surface area contributed by atoms with E-state index in [-0.39, 0.29) is 36.0 Å². The fraction of sp³-hybridized carbons (Fsp3) is 1.00. The van der Waals surface area contributed by atoms with E-state index in [0.717, 1.165) is 69.7 Å². The summed E-state index contributed by atoms with van der Waals surface area (Å²) in [6.07, 6.45) is 13.9. The van der Waals surface area contributed by atoms with Gasteiger partial charge in [0, 0.05) is 25.2 Å². The van der Waals surface area contributed by atoms with Gasteiger partial charge in [-0.1, -0.05) is 26.7 Å². The molecule has 0 amide bonds. The van der Waals surface area contributed by atoms with Gasteiger partial charge in [0.05, 0.1) is 18.0 Å². The van der Waals surface area contributed by atoms with Gasteiger partial charge in [0.1, 0.15) is 0 Å². The molecule has 5 fully saturated rings. The van der Waals surface area contributed by atoms with E-state index in [2.05, 4.69) is 18.7 Å². The van der Waals surface area contributed by atoms with E-state index in [1.54, 1.807) is 0 Å². The third kappa shape index (κ3) is 5.30. The Bertz CT molecular complexity index is 829. The predicted octanol–water partition coefficient (Wildman–Crippen LogP) is 4.26. The average Bonchev–Trinajstić information content (AvgIpc) is 2.83. The molecular formula is C29H52N2O4S. The van der Waals surface area contributed by atoms with Crippen LogP contribution in [0, 0.1) is 35.5 Å². The first kappa shape index (κ1) is 27.4. The molecule has 3 saturated carbocycles. The summed E-state index contributed by atoms with van der Waals surface area (Å²) in [5.41, 5.74) is 0. The second-order valence-electron chi connectivity index (χ2n) is 13.3. The van der Waals surface area contributed by atoms with Crippen LogP contribution in [0.4, 0.5) is 0 Å². The Hall–Kier alpha value is -0.210. The molecule has 0 aromatic carbocycles. The second-order valence-corrected chi connectivity index (χ2v) is 15.5. The van der Waals surface area contributed by atoms with Crippen molar-refractivity contribution < 1.29 is 18.6 Å². The lowest BCUT2D eigenvalue weighted by atomic mass is 9.61. The van der Waals surface area contributed by atoms with Crippen LogP contribution in [-0.4, -0.2) is 77.5 Å². The summed E-state index contributed by atoms with van der Waals surface area (Å²) in [4.78, 5) is 2.47. The Kier molecular flexibility index (Phi) is 8.73. The van der Waals surface area contributed by atoms with Gasteiger partial charge < -0.3 is 10.2 Å². The van der Waals surface area contributed by atoms with Gasteiger partial charge in [0.2, 0.25) is 10.0 Å². The zero-order chi connectivity index (χ0) is 25.4. The summed E-state index contributed by atoms with van der Waals surface area (Å²) in [5, 5.41) is 20.2. The van der Waals surface area contributed by atoms with Gasteiger partial charge in [-0.05, 0) is 113 Å². The molecule has 0 aromatic heterocycles. The number of rotatable bonds is 5. The molecule has 0 bridgehead atoms. The Morgan fingerprint density at radius 2 is 1.50 bits per heavy atom. The van der Waals surface area contributed by atoms with Crippen LogP contribution >= 0.6 is 0 Å². The molecule has 0 radical (unpaired) electrons. The molecule has 2 saturated heterocycles. The van der Waals surface area contributed by atoms with Crippen LogP contribution in [0.1, 0.15) is 97.3 Å². The molecule has 5 aliphatic rings. The number of fused-ring (bicyclic) bond motifs is 1. The van der Waals surface area contributed by atoms with Gasteiger partial charge >= 0.3 is 0 Å². The molecule has 2 N–H and O–H groups in total. The van der Waals surface area contributed by atoms with E-state index in [1.165, 1.54) is 32.1 Å². The third-order valence-corrected chi connectivity index (χ3v) is 13.9. The highest BCUT2D eigenvalue weighted by molar-refractivity contribution is 7.89. The third-order valence-electron chi connectivity index (χ3n) is 11.3. The number of sulfonamides is 1. The Morgan fingerprint density at radius 1 is 0.806 bits per heavy atom. The lowest BCUT2D eigenvalue weighted by molar-refractivity contribution is -0.123. The van der Waals surface area contributed by atoms with Crippen molar-refractivity contribution in [3.63, 3.8) is 0 Å². The highest BCUT2D eigenvalue weighted by Crippen LogP contribution is 2.49. The van der Waals surface area contributed by atoms with Gasteiger partial charge in [0.15, 0.2) is 0 Å². The van der Waals surface area contributed by atoms with Crippen molar-refractivity contribution in [3.8, 4) is 0 Å². The Morgan fingerprint density at radius 3 is 2.19 bits per heavy atom. The number of hydrogen-bond acceptors (Lipinski definition) is 5. The largest absolute Gasteiger partial charge is 0.395 e. The first-order chi connectivity index (χ1) is 17.3. The first-order valence-electron chi connectivity index (χ1n) is 15.3. The molecule has 2 heterocycles. The fourth-order valence-corrected chi connectivity index (χ4v) is 11.7. The quantitative estimate of drug-likeness (QED) is 0.562. The highest BCUT2D eigenvalue weighted by Gasteiger charge is 2.53. The van der Waals surface area contributed by atoms with Gasteiger partial charge in [-0.25, -0.2) is 12.7 Å². The molecular weight excluding hydrogens is 472 g/mol. The van der Waals surface area contributed by atoms with E-state index < -0.39 is 10.0 Å². The van der Waals surface area contributed by atoms with E-state index in [9.17, 15) is 18.6 Å². The maximum atomic E-state index is 13.8. The van der Waals surface area contributed by atoms with Gasteiger partial charge in [-0.3, -0.25) is 4.90 Å². The van der Waals surface area contributed by atoms with E-state index in [0.29, 0.717) is 30.8 Å². The topological polar surface area (TPSA) is 81.1 Å². The average molecular weight is 525 g/mol. The van der Waals surface area contributed by atoms with Gasteiger partial charge in [0.25, 0.3) is 0 Å². The van der Waals surface area contributed by atoms with Crippen molar-refractivity contribution in [2.45, 2.75) is 121 Å². The summed E-state index contributed by atoms with van der Waals surface area (Å²) in [5.74, 6) is 3.41. The molecule has 8 atom stereocenters. The van der Waals surface area contributed by atoms with Crippen molar-refractivity contribution in [2.75, 3.05) is 26.2 Å². The monoisotopic (exact) mass is 524 g/mol. The van der Waals surface area contributed by atoms with Crippen LogP contribution in [0.25, 0.3) is 0 Å². The minimum Gasteiger partial charge on any atom is -0.395 e. The number of hydrogen-bond donors (Lipinski definition) is 2. The maximum Gasteiger partial charge on any atom is 0.217 e. The smallest absolute Gasteiger partial charge is 0.217 e. The summed E-state index contributed by atoms with van der Waals surface area (Å²) in [6, 6.07) is 0.470. The molecule has 208 valence electrons. The van der Waals surface area contributed by atoms with Crippen LogP contribution in [0.3, 0.4) is 0 Å². The number of nitrogens with zero attached hydrogens (tertiary/aromatic N) is 2. The summed E-state index contributed by atoms with van der Waals surface area (Å²) < 4.78 is 29.6. The number of aliphatic hydroxyl groups excluding tert-OH is 2. The zero-order valence-electron chi connectivity index (χ0n) is 22.8. The minimum atomic E-state index is -3.28. The Labute approximate surface area is 220 Å². The van der Waals surface area contributed by atoms with Crippen LogP contribution in [0.2, 0.25) is 0 Å². The fourth-order valence-electron chi connectivity index (χ4n) is 9.34. The van der Waals surface area contributed by atoms with E-state index >= 15 is 0 Å². The molecule has 6 nitrogen and oxygen atoms in total. The lowest BCUT2D eigenvalue weighted by Crippen LogP contribution is -2.71. The molecule has 6 unspecified atom stereocenters. The Balaban J connectivity index is 1.26. The zero-order valence-corrected chi connectivity index (χ0v) is 23.6. The first-order valence-corrected chi connectivity index (χ1v) is 16.8. The van der Waals surface area contributed by atoms with Crippen LogP contribution in [0.15, 0.2) is 0 Å². The van der Waals surface area contributed by atoms with E-state index in [1.807, 2.05) is 4.31 Å². The van der Waals surface area contributed by atoms with Gasteiger partial charge in [-0.2, -0.15) is 0 Å². The van der Waals surface area contributed by atoms with Crippen molar-refractivity contribution in [1.29, 1.82) is 0 Å². The normalized spacial score (nSPS) is 45.8. The molecule has 0 spiro atoms. The van der Waals surface area contributed by atoms with Crippen molar-refractivity contribution in [2.24, 2.45) is 35.5 Å². The number of aliphatic hydroxyl groups is 2. The van der Waals surface area contributed by atoms with Crippen LogP contribution < -0.4 is 0 Å². The lowest BCUT2D eigenvalue weighted by Gasteiger charge is -2.60. The maximum absolute atomic E-state index is 13.8. The van der Waals surface area contributed by atoms with Crippen molar-refractivity contribution >= 4 is 10.0 Å². The van der Waals surface area contributed by atoms with Crippen molar-refractivity contribution in [3.05, 3.63) is 0 Å². The van der Waals surface area contributed by atoms with Gasteiger partial charge in [-0.15, -0.1) is 0 Å². The molecule has 3 aliphatic carbocycles. The molecule has 7 heteroatoms. The highest BCUT2D eigenvalue weighted by atomic mass is 32.2. The molecule has 2 aliphatic heterocycles. The molecule has 5 rings (SSSR count). The summed E-state index contributed by atoms with van der Waals surface area (Å²) in [7, 11) is -3.28. The molecule has 36 heavy (non-hydrogen) atoms. The summed E-state index contributed by atoms with van der Waals surface area (Å²) >= 11 is 0. The van der Waals surface area contributed by atoms with E-state index in [4.69, 9.17) is 0 Å². The second kappa shape index (κ2) is 11.5. The predicted molar refractivity (Wildman–Crippen MR) is 144 cm³/mol. The summed E-state index contributed by atoms with van der Waals surface area (Å²) in [6.45, 7) is 6.97. The van der Waals surface area contributed by atoms with Crippen LogP contribution in [0.5, 0.6) is 0 Å². The molecule has 0 aromatic rings. The SMILES string of the molecule is CC1CC(O)CCC1C1CCC([C@H]2C3CN(S(=O)(=O)C4CCCCC4C)CCCCN3[C@@H]2CO)CC1. The van der Waals surface area contributed by atoms with Crippen LogP contribution in [-0.2, 0) is 10.0 Å². The standard InChI is InChI=1S/C29H52N2O4S/c1-20-7-3-4-8-28(20)36(34,35)30-15-5-6-16-31-26(18-30)29(27(31)19-32)23-11-9-22(10-12-23)25-14-13-24(33)17-21(25)2/h20-29,32-33H,3-19H2,1-2H3/t20?,21?,22?,23?,24?,25?,26?,27-,28?,29+/m1/s1. The van der Waals surface area contributed by atoms with Crippen molar-refractivity contribution in [1.82, 2.24) is 9.21 Å². The minimum absolute atomic E-state index is 0.103.